The van der Waals surface area contributed by atoms with Gasteiger partial charge >= 0.3 is 0 Å². The Bertz CT molecular complexity index is 647. The highest BCUT2D eigenvalue weighted by molar-refractivity contribution is 6.33. The first kappa shape index (κ1) is 17.3. The van der Waals surface area contributed by atoms with Crippen LogP contribution in [0.2, 0.25) is 5.02 Å². The molecule has 0 fully saturated rings. The third kappa shape index (κ3) is 3.68. The SMILES string of the molecule is COc1cc(N)c(Cl)cc1-c1cc(C(C)C)nc(N)n1.Cl. The van der Waals surface area contributed by atoms with E-state index < -0.39 is 0 Å². The second-order valence-electron chi connectivity index (χ2n) is 4.76. The number of nitrogens with zero attached hydrogens (tertiary/aromatic N) is 2. The van der Waals surface area contributed by atoms with Crippen LogP contribution in [0.4, 0.5) is 11.6 Å². The number of aromatic nitrogens is 2. The third-order valence-electron chi connectivity index (χ3n) is 2.95. The molecule has 0 saturated heterocycles. The Morgan fingerprint density at radius 1 is 1.14 bits per heavy atom. The van der Waals surface area contributed by atoms with Gasteiger partial charge in [-0.1, -0.05) is 25.4 Å². The molecule has 21 heavy (non-hydrogen) atoms. The first-order valence-electron chi connectivity index (χ1n) is 6.20. The summed E-state index contributed by atoms with van der Waals surface area (Å²) in [6, 6.07) is 5.28. The van der Waals surface area contributed by atoms with Crippen LogP contribution in [-0.2, 0) is 0 Å². The van der Waals surface area contributed by atoms with Gasteiger partial charge in [0, 0.05) is 17.3 Å². The molecule has 0 unspecified atom stereocenters. The minimum Gasteiger partial charge on any atom is -0.496 e. The average molecular weight is 329 g/mol. The second kappa shape index (κ2) is 6.83. The molecule has 0 bridgehead atoms. The number of methoxy groups -OCH3 is 1. The zero-order valence-electron chi connectivity index (χ0n) is 12.1. The van der Waals surface area contributed by atoms with Gasteiger partial charge in [-0.25, -0.2) is 9.97 Å². The van der Waals surface area contributed by atoms with Crippen molar-refractivity contribution >= 4 is 35.6 Å². The van der Waals surface area contributed by atoms with Crippen LogP contribution < -0.4 is 16.2 Å². The second-order valence-corrected chi connectivity index (χ2v) is 5.17. The van der Waals surface area contributed by atoms with Crippen LogP contribution in [0, 0.1) is 0 Å². The number of rotatable bonds is 3. The molecule has 0 aliphatic rings. The molecule has 1 aromatic carbocycles. The molecular weight excluding hydrogens is 311 g/mol. The van der Waals surface area contributed by atoms with Crippen molar-refractivity contribution in [1.82, 2.24) is 9.97 Å². The quantitative estimate of drug-likeness (QED) is 0.842. The summed E-state index contributed by atoms with van der Waals surface area (Å²) in [7, 11) is 1.57. The topological polar surface area (TPSA) is 87.0 Å². The van der Waals surface area contributed by atoms with E-state index in [0.717, 1.165) is 11.3 Å². The van der Waals surface area contributed by atoms with E-state index in [-0.39, 0.29) is 24.3 Å². The molecule has 1 heterocycles. The van der Waals surface area contributed by atoms with Crippen LogP contribution in [0.1, 0.15) is 25.5 Å². The van der Waals surface area contributed by atoms with Crippen molar-refractivity contribution in [3.05, 3.63) is 28.9 Å². The molecule has 114 valence electrons. The lowest BCUT2D eigenvalue weighted by Crippen LogP contribution is -2.03. The van der Waals surface area contributed by atoms with E-state index in [1.165, 1.54) is 0 Å². The molecule has 2 aromatic rings. The fourth-order valence-electron chi connectivity index (χ4n) is 1.86. The van der Waals surface area contributed by atoms with Gasteiger partial charge in [-0.2, -0.15) is 0 Å². The van der Waals surface area contributed by atoms with Crippen LogP contribution in [0.3, 0.4) is 0 Å². The molecule has 7 heteroatoms. The zero-order valence-corrected chi connectivity index (χ0v) is 13.6. The van der Waals surface area contributed by atoms with Crippen LogP contribution in [-0.4, -0.2) is 17.1 Å². The largest absolute Gasteiger partial charge is 0.496 e. The Labute approximate surface area is 135 Å². The van der Waals surface area contributed by atoms with Crippen molar-refractivity contribution < 1.29 is 4.74 Å². The first-order valence-corrected chi connectivity index (χ1v) is 6.58. The van der Waals surface area contributed by atoms with Gasteiger partial charge in [0.15, 0.2) is 0 Å². The molecule has 5 nitrogen and oxygen atoms in total. The molecule has 2 rings (SSSR count). The molecular formula is C14H18Cl2N4O. The van der Waals surface area contributed by atoms with Crippen molar-refractivity contribution in [2.75, 3.05) is 18.6 Å². The smallest absolute Gasteiger partial charge is 0.220 e. The van der Waals surface area contributed by atoms with Crippen LogP contribution >= 0.6 is 24.0 Å². The summed E-state index contributed by atoms with van der Waals surface area (Å²) in [6.07, 6.45) is 0. The molecule has 0 radical (unpaired) electrons. The monoisotopic (exact) mass is 328 g/mol. The van der Waals surface area contributed by atoms with E-state index in [2.05, 4.69) is 9.97 Å². The van der Waals surface area contributed by atoms with E-state index in [1.54, 1.807) is 19.2 Å². The normalized spacial score (nSPS) is 10.3. The predicted octanol–water partition coefficient (Wildman–Crippen LogP) is 3.52. The van der Waals surface area contributed by atoms with Crippen molar-refractivity contribution in [2.45, 2.75) is 19.8 Å². The van der Waals surface area contributed by atoms with E-state index in [4.69, 9.17) is 27.8 Å². The maximum Gasteiger partial charge on any atom is 0.220 e. The summed E-state index contributed by atoms with van der Waals surface area (Å²) in [5, 5.41) is 0.448. The van der Waals surface area contributed by atoms with Gasteiger partial charge in [-0.05, 0) is 18.1 Å². The average Bonchev–Trinajstić information content (AvgIpc) is 2.40. The van der Waals surface area contributed by atoms with Gasteiger partial charge < -0.3 is 16.2 Å². The van der Waals surface area contributed by atoms with E-state index in [9.17, 15) is 0 Å². The van der Waals surface area contributed by atoms with Gasteiger partial charge in [0.05, 0.1) is 23.5 Å². The molecule has 1 aromatic heterocycles. The van der Waals surface area contributed by atoms with Gasteiger partial charge in [-0.3, -0.25) is 0 Å². The van der Waals surface area contributed by atoms with Crippen molar-refractivity contribution in [2.24, 2.45) is 0 Å². The van der Waals surface area contributed by atoms with Gasteiger partial charge in [-0.15, -0.1) is 12.4 Å². The van der Waals surface area contributed by atoms with Crippen LogP contribution in [0.25, 0.3) is 11.3 Å². The van der Waals surface area contributed by atoms with Crippen molar-refractivity contribution in [3.63, 3.8) is 0 Å². The van der Waals surface area contributed by atoms with Gasteiger partial charge in [0.25, 0.3) is 0 Å². The Hall–Kier alpha value is -1.72. The number of halogens is 2. The minimum absolute atomic E-state index is 0. The minimum atomic E-state index is 0. The lowest BCUT2D eigenvalue weighted by atomic mass is 10.1. The van der Waals surface area contributed by atoms with Crippen molar-refractivity contribution in [3.8, 4) is 17.0 Å². The number of anilines is 2. The Balaban J connectivity index is 0.00000220. The van der Waals surface area contributed by atoms with Gasteiger partial charge in [0.2, 0.25) is 5.95 Å². The maximum absolute atomic E-state index is 6.08. The Morgan fingerprint density at radius 3 is 2.38 bits per heavy atom. The summed E-state index contributed by atoms with van der Waals surface area (Å²) in [5.74, 6) is 1.07. The van der Waals surface area contributed by atoms with Gasteiger partial charge in [0.1, 0.15) is 5.75 Å². The van der Waals surface area contributed by atoms with E-state index >= 15 is 0 Å². The lowest BCUT2D eigenvalue weighted by Gasteiger charge is -2.12. The number of benzene rings is 1. The molecule has 0 spiro atoms. The fraction of sp³-hybridized carbons (Fsp3) is 0.286. The first-order chi connectivity index (χ1) is 9.42. The molecule has 0 aliphatic carbocycles. The summed E-state index contributed by atoms with van der Waals surface area (Å²) in [4.78, 5) is 8.48. The number of hydrogen-bond donors (Lipinski definition) is 2. The zero-order chi connectivity index (χ0) is 14.9. The third-order valence-corrected chi connectivity index (χ3v) is 3.28. The number of ether oxygens (including phenoxy) is 1. The standard InChI is InChI=1S/C14H17ClN4O.ClH/c1-7(2)11-6-12(19-14(17)18-11)8-4-9(15)10(16)5-13(8)20-3;/h4-7H,16H2,1-3H3,(H2,17,18,19);1H. The highest BCUT2D eigenvalue weighted by Crippen LogP contribution is 2.36. The molecule has 0 amide bonds. The Morgan fingerprint density at radius 2 is 1.81 bits per heavy atom. The summed E-state index contributed by atoms with van der Waals surface area (Å²) in [5.41, 5.74) is 14.3. The number of nitrogen functional groups attached to an aromatic ring is 2. The maximum atomic E-state index is 6.08. The molecule has 0 aliphatic heterocycles. The van der Waals surface area contributed by atoms with Crippen LogP contribution in [0.15, 0.2) is 18.2 Å². The van der Waals surface area contributed by atoms with E-state index in [0.29, 0.717) is 22.2 Å². The summed E-state index contributed by atoms with van der Waals surface area (Å²) in [6.45, 7) is 4.08. The lowest BCUT2D eigenvalue weighted by molar-refractivity contribution is 0.416. The number of nitrogens with two attached hydrogens (primary N) is 2. The molecule has 0 saturated carbocycles. The highest BCUT2D eigenvalue weighted by Gasteiger charge is 2.14. The molecule has 0 atom stereocenters. The predicted molar refractivity (Wildman–Crippen MR) is 89.2 cm³/mol. The summed E-state index contributed by atoms with van der Waals surface area (Å²) < 4.78 is 5.34. The van der Waals surface area contributed by atoms with E-state index in [1.807, 2.05) is 19.9 Å². The Kier molecular flexibility index (Phi) is 5.63. The highest BCUT2D eigenvalue weighted by atomic mass is 35.5. The number of hydrogen-bond acceptors (Lipinski definition) is 5. The fourth-order valence-corrected chi connectivity index (χ4v) is 2.02. The summed E-state index contributed by atoms with van der Waals surface area (Å²) >= 11 is 6.08. The van der Waals surface area contributed by atoms with Crippen LogP contribution in [0.5, 0.6) is 5.75 Å². The van der Waals surface area contributed by atoms with Crippen molar-refractivity contribution in [1.29, 1.82) is 0 Å². The molecule has 4 N–H and O–H groups in total.